The maximum Gasteiger partial charge on any atom is 0.287 e. The maximum atomic E-state index is 13.6. The van der Waals surface area contributed by atoms with Crippen LogP contribution in [0.4, 0.5) is 8.78 Å². The molecule has 0 bridgehead atoms. The van der Waals surface area contributed by atoms with Crippen molar-refractivity contribution in [2.24, 2.45) is 7.05 Å². The molecule has 3 aromatic rings. The second-order valence-electron chi connectivity index (χ2n) is 8.03. The van der Waals surface area contributed by atoms with Gasteiger partial charge in [0.25, 0.3) is 6.33 Å². The lowest BCUT2D eigenvalue weighted by molar-refractivity contribution is -0.662. The summed E-state index contributed by atoms with van der Waals surface area (Å²) in [4.78, 5) is 4.59. The van der Waals surface area contributed by atoms with Crippen LogP contribution in [0.5, 0.6) is 0 Å². The molecule has 2 aromatic carbocycles. The smallest absolute Gasteiger partial charge is 0.232 e. The van der Waals surface area contributed by atoms with Crippen molar-refractivity contribution in [2.45, 2.75) is 51.9 Å². The van der Waals surface area contributed by atoms with Crippen LogP contribution in [0.25, 0.3) is 22.2 Å². The summed E-state index contributed by atoms with van der Waals surface area (Å²) >= 11 is 0. The van der Waals surface area contributed by atoms with Crippen molar-refractivity contribution in [3.63, 3.8) is 0 Å². The molecule has 1 saturated carbocycles. The lowest BCUT2D eigenvalue weighted by Crippen LogP contribution is -2.32. The fourth-order valence-corrected chi connectivity index (χ4v) is 4.36. The monoisotopic (exact) mass is 367 g/mol. The van der Waals surface area contributed by atoms with Crippen LogP contribution in [0.1, 0.15) is 47.4 Å². The summed E-state index contributed by atoms with van der Waals surface area (Å²) < 4.78 is 29.3. The van der Waals surface area contributed by atoms with Crippen molar-refractivity contribution in [2.75, 3.05) is 0 Å². The van der Waals surface area contributed by atoms with Gasteiger partial charge in [0.15, 0.2) is 5.52 Å². The van der Waals surface area contributed by atoms with Gasteiger partial charge in [0, 0.05) is 18.4 Å². The highest BCUT2D eigenvalue weighted by atomic mass is 19.3. The van der Waals surface area contributed by atoms with Gasteiger partial charge in [-0.15, -0.1) is 0 Å². The van der Waals surface area contributed by atoms with Crippen molar-refractivity contribution < 1.29 is 13.3 Å². The van der Waals surface area contributed by atoms with Crippen LogP contribution in [-0.4, -0.2) is 10.9 Å². The molecule has 1 aromatic heterocycles. The van der Waals surface area contributed by atoms with E-state index in [9.17, 15) is 8.78 Å². The molecule has 0 radical (unpaired) electrons. The van der Waals surface area contributed by atoms with Crippen molar-refractivity contribution in [3.8, 4) is 11.3 Å². The fraction of sp³-hybridized carbons (Fsp3) is 0.391. The summed E-state index contributed by atoms with van der Waals surface area (Å²) in [6, 6.07) is 10.5. The average molecular weight is 367 g/mol. The molecule has 2 nitrogen and oxygen atoms in total. The number of aryl methyl sites for hydroxylation is 3. The third kappa shape index (κ3) is 3.22. The number of fused-ring (bicyclic) bond motifs is 1. The van der Waals surface area contributed by atoms with Gasteiger partial charge in [-0.25, -0.2) is 13.3 Å². The minimum absolute atomic E-state index is 0.0140. The Morgan fingerprint density at radius 3 is 2.59 bits per heavy atom. The summed E-state index contributed by atoms with van der Waals surface area (Å²) in [5.74, 6) is -2.61. The SMILES string of the molecule is Cc1cc(C)c(C)c(-c2c3ccc(C4CCC(F)(F)C4)cc3nc[n+]2C)c1. The quantitative estimate of drug-likeness (QED) is 0.542. The van der Waals surface area contributed by atoms with Gasteiger partial charge in [0.2, 0.25) is 5.92 Å². The van der Waals surface area contributed by atoms with Crippen LogP contribution in [0, 0.1) is 20.8 Å². The van der Waals surface area contributed by atoms with Gasteiger partial charge in [-0.2, -0.15) is 0 Å². The molecule has 1 fully saturated rings. The van der Waals surface area contributed by atoms with Gasteiger partial charge >= 0.3 is 0 Å². The van der Waals surface area contributed by atoms with Gasteiger partial charge in [-0.3, -0.25) is 0 Å². The average Bonchev–Trinajstić information content (AvgIpc) is 2.98. The van der Waals surface area contributed by atoms with Gasteiger partial charge in [-0.05, 0) is 73.0 Å². The second-order valence-corrected chi connectivity index (χ2v) is 8.03. The van der Waals surface area contributed by atoms with Crippen molar-refractivity contribution in [1.29, 1.82) is 0 Å². The summed E-state index contributed by atoms with van der Waals surface area (Å²) in [5.41, 5.74) is 7.90. The summed E-state index contributed by atoms with van der Waals surface area (Å²) in [6.45, 7) is 6.39. The van der Waals surface area contributed by atoms with Gasteiger partial charge in [-0.1, -0.05) is 17.7 Å². The van der Waals surface area contributed by atoms with Crippen LogP contribution in [-0.2, 0) is 7.05 Å². The Balaban J connectivity index is 1.87. The van der Waals surface area contributed by atoms with Gasteiger partial charge in [0.05, 0.1) is 12.4 Å². The first-order valence-corrected chi connectivity index (χ1v) is 9.49. The minimum Gasteiger partial charge on any atom is -0.232 e. The van der Waals surface area contributed by atoms with E-state index in [1.165, 1.54) is 22.3 Å². The summed E-state index contributed by atoms with van der Waals surface area (Å²) in [7, 11) is 2.00. The lowest BCUT2D eigenvalue weighted by Gasteiger charge is -2.14. The molecule has 4 rings (SSSR count). The molecule has 0 spiro atoms. The molecule has 1 aliphatic carbocycles. The number of nitrogens with zero attached hydrogens (tertiary/aromatic N) is 2. The lowest BCUT2D eigenvalue weighted by atomic mass is 9.93. The Morgan fingerprint density at radius 1 is 1.11 bits per heavy atom. The molecule has 0 amide bonds. The first kappa shape index (κ1) is 18.0. The normalized spacial score (nSPS) is 19.0. The van der Waals surface area contributed by atoms with Crippen LogP contribution >= 0.6 is 0 Å². The van der Waals surface area contributed by atoms with E-state index < -0.39 is 5.92 Å². The second kappa shape index (κ2) is 6.36. The first-order chi connectivity index (χ1) is 12.7. The van der Waals surface area contributed by atoms with Gasteiger partial charge < -0.3 is 0 Å². The van der Waals surface area contributed by atoms with Crippen LogP contribution in [0.15, 0.2) is 36.7 Å². The Hall–Kier alpha value is -2.36. The number of halogens is 2. The summed E-state index contributed by atoms with van der Waals surface area (Å²) in [6.07, 6.45) is 2.30. The molecule has 1 aliphatic rings. The maximum absolute atomic E-state index is 13.6. The van der Waals surface area contributed by atoms with E-state index in [2.05, 4.69) is 44.0 Å². The highest BCUT2D eigenvalue weighted by Gasteiger charge is 2.40. The van der Waals surface area contributed by atoms with Crippen LogP contribution in [0.3, 0.4) is 0 Å². The topological polar surface area (TPSA) is 16.8 Å². The molecule has 27 heavy (non-hydrogen) atoms. The predicted molar refractivity (Wildman–Crippen MR) is 104 cm³/mol. The molecule has 140 valence electrons. The molecule has 0 saturated heterocycles. The zero-order valence-electron chi connectivity index (χ0n) is 16.3. The van der Waals surface area contributed by atoms with E-state index in [0.717, 1.165) is 22.2 Å². The highest BCUT2D eigenvalue weighted by Crippen LogP contribution is 2.44. The number of rotatable bonds is 2. The zero-order chi connectivity index (χ0) is 19.3. The van der Waals surface area contributed by atoms with E-state index in [4.69, 9.17) is 0 Å². The zero-order valence-corrected chi connectivity index (χ0v) is 16.3. The molecular weight excluding hydrogens is 342 g/mol. The number of alkyl halides is 2. The van der Waals surface area contributed by atoms with Crippen molar-refractivity contribution in [3.05, 3.63) is 58.9 Å². The Bertz CT molecular complexity index is 1040. The van der Waals surface area contributed by atoms with Gasteiger partial charge in [0.1, 0.15) is 5.69 Å². The third-order valence-corrected chi connectivity index (χ3v) is 5.94. The Kier molecular flexibility index (Phi) is 4.25. The van der Waals surface area contributed by atoms with E-state index in [1.54, 1.807) is 0 Å². The van der Waals surface area contributed by atoms with E-state index in [-0.39, 0.29) is 18.8 Å². The fourth-order valence-electron chi connectivity index (χ4n) is 4.36. The van der Waals surface area contributed by atoms with Crippen LogP contribution in [0.2, 0.25) is 0 Å². The van der Waals surface area contributed by atoms with E-state index in [1.807, 2.05) is 30.1 Å². The number of benzene rings is 2. The highest BCUT2D eigenvalue weighted by molar-refractivity contribution is 5.92. The molecular formula is C23H25F2N2+. The van der Waals surface area contributed by atoms with E-state index in [0.29, 0.717) is 6.42 Å². The molecule has 0 aliphatic heterocycles. The molecule has 4 heteroatoms. The number of aromatic nitrogens is 2. The molecule has 1 heterocycles. The third-order valence-electron chi connectivity index (χ3n) is 5.94. The standard InChI is InChI=1S/C23H25F2N2/c1-14-9-15(2)16(3)20(10-14)22-19-6-5-17(11-21(19)26-13-27(22)4)18-7-8-23(24,25)12-18/h5-6,9-11,13,18H,7-8,12H2,1-4H3/q+1. The van der Waals surface area contributed by atoms with Crippen molar-refractivity contribution in [1.82, 2.24) is 4.98 Å². The van der Waals surface area contributed by atoms with Crippen LogP contribution < -0.4 is 4.57 Å². The largest absolute Gasteiger partial charge is 0.287 e. The Morgan fingerprint density at radius 2 is 1.89 bits per heavy atom. The number of hydrogen-bond donors (Lipinski definition) is 0. The predicted octanol–water partition coefficient (Wildman–Crippen LogP) is 5.55. The molecule has 1 atom stereocenters. The minimum atomic E-state index is -2.53. The summed E-state index contributed by atoms with van der Waals surface area (Å²) in [5, 5.41) is 1.06. The van der Waals surface area contributed by atoms with E-state index >= 15 is 0 Å². The number of hydrogen-bond acceptors (Lipinski definition) is 1. The molecule has 0 N–H and O–H groups in total. The Labute approximate surface area is 158 Å². The van der Waals surface area contributed by atoms with Crippen molar-refractivity contribution >= 4 is 10.9 Å². The first-order valence-electron chi connectivity index (χ1n) is 9.49. The molecule has 1 unspecified atom stereocenters.